The van der Waals surface area contributed by atoms with Crippen LogP contribution in [0.5, 0.6) is 5.75 Å². The van der Waals surface area contributed by atoms with Crippen molar-refractivity contribution in [3.63, 3.8) is 0 Å². The molecule has 1 aromatic carbocycles. The second kappa shape index (κ2) is 9.87. The Kier molecular flexibility index (Phi) is 7.20. The lowest BCUT2D eigenvalue weighted by atomic mass is 9.57. The van der Waals surface area contributed by atoms with Crippen molar-refractivity contribution in [3.05, 3.63) is 34.1 Å². The number of aliphatic hydroxyl groups is 3. The normalized spacial score (nSPS) is 26.6. The number of anilines is 2. The van der Waals surface area contributed by atoms with Crippen molar-refractivity contribution in [2.45, 2.75) is 51.7 Å². The van der Waals surface area contributed by atoms with E-state index in [0.717, 1.165) is 12.1 Å². The highest BCUT2D eigenvalue weighted by Crippen LogP contribution is 2.54. The van der Waals surface area contributed by atoms with E-state index in [1.807, 2.05) is 6.92 Å². The average molecular weight is 543 g/mol. The molecule has 1 aromatic rings. The lowest BCUT2D eigenvalue weighted by Crippen LogP contribution is -2.65. The number of rotatable bonds is 7. The summed E-state index contributed by atoms with van der Waals surface area (Å²) in [4.78, 5) is 43.0. The average Bonchev–Trinajstić information content (AvgIpc) is 2.82. The summed E-state index contributed by atoms with van der Waals surface area (Å²) >= 11 is 0. The molecule has 0 saturated heterocycles. The number of ketones is 2. The number of aromatic hydroxyl groups is 1. The standard InChI is InChI=1S/C28H38N4O7/c1-6-7-32(11-12(2)3)17-10-16(29)22(33)19-14(17)8-13-9-15-21(31(4)5)24(35)20(27(30)38)26(37)28(15,39)25(36)18(13)23(19)34/h10,12-13,15,21,33-34,37,39H,6-9,11,29H2,1-5H3,(H2,30,38)/t13?,15?,21-,28-/m0/s1. The molecular formula is C28H38N4O7. The maximum atomic E-state index is 14.0. The lowest BCUT2D eigenvalue weighted by Gasteiger charge is -2.50. The quantitative estimate of drug-likeness (QED) is 0.167. The molecule has 11 nitrogen and oxygen atoms in total. The zero-order valence-corrected chi connectivity index (χ0v) is 23.0. The van der Waals surface area contributed by atoms with E-state index in [2.05, 4.69) is 18.7 Å². The van der Waals surface area contributed by atoms with Crippen LogP contribution in [-0.2, 0) is 20.8 Å². The van der Waals surface area contributed by atoms with E-state index in [1.54, 1.807) is 20.2 Å². The molecule has 4 atom stereocenters. The highest BCUT2D eigenvalue weighted by molar-refractivity contribution is 6.24. The van der Waals surface area contributed by atoms with Crippen molar-refractivity contribution in [1.29, 1.82) is 0 Å². The maximum Gasteiger partial charge on any atom is 0.255 e. The molecule has 8 N–H and O–H groups in total. The van der Waals surface area contributed by atoms with Crippen molar-refractivity contribution < 1.29 is 34.8 Å². The minimum atomic E-state index is -2.67. The predicted octanol–water partition coefficient (Wildman–Crippen LogP) is 1.42. The third-order valence-electron chi connectivity index (χ3n) is 8.15. The van der Waals surface area contributed by atoms with Crippen LogP contribution in [0, 0.1) is 17.8 Å². The third kappa shape index (κ3) is 4.15. The van der Waals surface area contributed by atoms with Crippen LogP contribution in [0.25, 0.3) is 5.76 Å². The number of benzene rings is 1. The van der Waals surface area contributed by atoms with Crippen molar-refractivity contribution in [2.75, 3.05) is 37.8 Å². The van der Waals surface area contributed by atoms with Gasteiger partial charge < -0.3 is 36.8 Å². The first-order valence-electron chi connectivity index (χ1n) is 13.2. The fourth-order valence-electron chi connectivity index (χ4n) is 6.62. The van der Waals surface area contributed by atoms with Gasteiger partial charge in [0.1, 0.15) is 22.8 Å². The summed E-state index contributed by atoms with van der Waals surface area (Å²) in [5.41, 5.74) is 9.20. The number of nitrogen functional groups attached to an aromatic ring is 1. The third-order valence-corrected chi connectivity index (χ3v) is 8.15. The molecule has 11 heteroatoms. The van der Waals surface area contributed by atoms with Gasteiger partial charge >= 0.3 is 0 Å². The molecular weight excluding hydrogens is 504 g/mol. The maximum absolute atomic E-state index is 14.0. The largest absolute Gasteiger partial charge is 0.508 e. The highest BCUT2D eigenvalue weighted by atomic mass is 16.3. The predicted molar refractivity (Wildman–Crippen MR) is 146 cm³/mol. The van der Waals surface area contributed by atoms with Gasteiger partial charge in [-0.05, 0) is 56.8 Å². The molecule has 0 radical (unpaired) electrons. The van der Waals surface area contributed by atoms with Crippen LogP contribution in [0.3, 0.4) is 0 Å². The van der Waals surface area contributed by atoms with Gasteiger partial charge in [0.25, 0.3) is 5.91 Å². The molecule has 0 spiro atoms. The zero-order chi connectivity index (χ0) is 29.1. The molecule has 1 amide bonds. The Hall–Kier alpha value is -3.57. The second-order valence-electron chi connectivity index (χ2n) is 11.5. The van der Waals surface area contributed by atoms with Crippen LogP contribution in [0.4, 0.5) is 11.4 Å². The number of phenolic OH excluding ortho intramolecular Hbond substituents is 1. The van der Waals surface area contributed by atoms with Gasteiger partial charge in [-0.1, -0.05) is 20.8 Å². The van der Waals surface area contributed by atoms with Crippen LogP contribution < -0.4 is 16.4 Å². The lowest BCUT2D eigenvalue weighted by molar-refractivity contribution is -0.153. The van der Waals surface area contributed by atoms with E-state index >= 15 is 0 Å². The van der Waals surface area contributed by atoms with Crippen molar-refractivity contribution in [2.24, 2.45) is 23.5 Å². The fraction of sp³-hybridized carbons (Fsp3) is 0.536. The molecule has 1 fully saturated rings. The molecule has 39 heavy (non-hydrogen) atoms. The summed E-state index contributed by atoms with van der Waals surface area (Å²) in [5.74, 6) is -6.59. The Bertz CT molecular complexity index is 1320. The van der Waals surface area contributed by atoms with Crippen LogP contribution in [0.15, 0.2) is 23.0 Å². The van der Waals surface area contributed by atoms with E-state index in [0.29, 0.717) is 24.6 Å². The minimum Gasteiger partial charge on any atom is -0.508 e. The van der Waals surface area contributed by atoms with E-state index < -0.39 is 58.0 Å². The van der Waals surface area contributed by atoms with Gasteiger partial charge in [-0.25, -0.2) is 0 Å². The summed E-state index contributed by atoms with van der Waals surface area (Å²) < 4.78 is 0. The highest BCUT2D eigenvalue weighted by Gasteiger charge is 2.64. The van der Waals surface area contributed by atoms with Gasteiger partial charge in [-0.3, -0.25) is 19.3 Å². The molecule has 0 aromatic heterocycles. The molecule has 2 unspecified atom stereocenters. The van der Waals surface area contributed by atoms with Gasteiger partial charge in [0.2, 0.25) is 5.78 Å². The van der Waals surface area contributed by atoms with Gasteiger partial charge in [0.05, 0.1) is 17.3 Å². The topological polar surface area (TPSA) is 191 Å². The number of nitrogens with two attached hydrogens (primary N) is 2. The molecule has 0 aliphatic heterocycles. The SMILES string of the molecule is CCCN(CC(C)C)c1cc(N)c(O)c2c1CC1CC3[C@H](N(C)C)C(=O)C(C(N)=O)=C(O)[C@@]3(O)C(=O)C1=C2O. The number of fused-ring (bicyclic) bond motifs is 3. The fourth-order valence-corrected chi connectivity index (χ4v) is 6.62. The smallest absolute Gasteiger partial charge is 0.255 e. The monoisotopic (exact) mass is 542 g/mol. The number of likely N-dealkylation sites (N-methyl/N-ethyl adjacent to an activating group) is 1. The number of Topliss-reactive ketones (excluding diaryl/α,β-unsaturated/α-hetero) is 2. The number of aliphatic hydroxyl groups excluding tert-OH is 2. The number of hydrogen-bond donors (Lipinski definition) is 6. The van der Waals surface area contributed by atoms with Crippen LogP contribution >= 0.6 is 0 Å². The van der Waals surface area contributed by atoms with Gasteiger partial charge in [0.15, 0.2) is 11.4 Å². The van der Waals surface area contributed by atoms with Crippen molar-refractivity contribution in [3.8, 4) is 5.75 Å². The number of carbonyl (C=O) groups excluding carboxylic acids is 3. The van der Waals surface area contributed by atoms with Gasteiger partial charge in [-0.2, -0.15) is 0 Å². The van der Waals surface area contributed by atoms with E-state index in [-0.39, 0.29) is 35.4 Å². The van der Waals surface area contributed by atoms with Gasteiger partial charge in [-0.15, -0.1) is 0 Å². The Morgan fingerprint density at radius 2 is 1.85 bits per heavy atom. The number of nitrogens with zero attached hydrogens (tertiary/aromatic N) is 2. The summed E-state index contributed by atoms with van der Waals surface area (Å²) in [5, 5.41) is 45.1. The zero-order valence-electron chi connectivity index (χ0n) is 23.0. The summed E-state index contributed by atoms with van der Waals surface area (Å²) in [7, 11) is 3.14. The van der Waals surface area contributed by atoms with E-state index in [4.69, 9.17) is 11.5 Å². The van der Waals surface area contributed by atoms with Crippen LogP contribution in [-0.4, -0.2) is 81.6 Å². The molecule has 3 aliphatic carbocycles. The van der Waals surface area contributed by atoms with E-state index in [9.17, 15) is 34.8 Å². The van der Waals surface area contributed by atoms with Crippen LogP contribution in [0.1, 0.15) is 44.7 Å². The summed E-state index contributed by atoms with van der Waals surface area (Å²) in [6, 6.07) is 0.547. The number of hydrogen-bond acceptors (Lipinski definition) is 10. The first-order chi connectivity index (χ1) is 18.2. The molecule has 0 bridgehead atoms. The van der Waals surface area contributed by atoms with E-state index in [1.165, 1.54) is 4.90 Å². The Morgan fingerprint density at radius 3 is 2.38 bits per heavy atom. The van der Waals surface area contributed by atoms with Crippen molar-refractivity contribution in [1.82, 2.24) is 4.90 Å². The number of primary amides is 1. The number of amides is 1. The number of phenols is 1. The van der Waals surface area contributed by atoms with Crippen molar-refractivity contribution >= 4 is 34.6 Å². The molecule has 1 saturated carbocycles. The molecule has 4 rings (SSSR count). The first kappa shape index (κ1) is 28.4. The summed E-state index contributed by atoms with van der Waals surface area (Å²) in [6.07, 6.45) is 1.09. The number of carbonyl (C=O) groups is 3. The Morgan fingerprint density at radius 1 is 1.21 bits per heavy atom. The minimum absolute atomic E-state index is 0.00569. The Labute approximate surface area is 227 Å². The second-order valence-corrected chi connectivity index (χ2v) is 11.5. The molecule has 212 valence electrons. The van der Waals surface area contributed by atoms with Crippen LogP contribution in [0.2, 0.25) is 0 Å². The first-order valence-corrected chi connectivity index (χ1v) is 13.2. The Balaban J connectivity index is 1.97. The van der Waals surface area contributed by atoms with Gasteiger partial charge in [0, 0.05) is 30.3 Å². The summed E-state index contributed by atoms with van der Waals surface area (Å²) in [6.45, 7) is 7.60. The molecule has 0 heterocycles. The molecule has 3 aliphatic rings.